The van der Waals surface area contributed by atoms with Crippen LogP contribution in [0.5, 0.6) is 5.88 Å². The number of carbonyl (C=O) groups is 1. The molecule has 1 saturated heterocycles. The number of nitrogens with two attached hydrogens (primary N) is 1. The van der Waals surface area contributed by atoms with Gasteiger partial charge in [0.25, 0.3) is 0 Å². The van der Waals surface area contributed by atoms with Crippen LogP contribution >= 0.6 is 0 Å². The van der Waals surface area contributed by atoms with Crippen LogP contribution < -0.4 is 10.5 Å². The van der Waals surface area contributed by atoms with E-state index in [0.717, 1.165) is 11.3 Å². The third-order valence-corrected chi connectivity index (χ3v) is 4.89. The second-order valence-electron chi connectivity index (χ2n) is 8.36. The third kappa shape index (κ3) is 4.99. The fourth-order valence-electron chi connectivity index (χ4n) is 3.21. The van der Waals surface area contributed by atoms with Gasteiger partial charge in [-0.1, -0.05) is 18.2 Å². The summed E-state index contributed by atoms with van der Waals surface area (Å²) in [5.74, 6) is 0.562. The molecule has 2 aromatic rings. The standard InChI is InChI=1S/C21H29FN4O3/c1-14-18(23)26(16-8-6-5-7-9-16)24-19(14)28-13-15-10-11-25(12-17(15)22)20(27)29-21(2,3)4/h5-9,15,17H,10-13,23H2,1-4H3/t15-,17+/m0/s1. The zero-order valence-electron chi connectivity index (χ0n) is 17.4. The number of alkyl halides is 1. The molecule has 1 aromatic heterocycles. The Kier molecular flexibility index (Phi) is 6.00. The Hall–Kier alpha value is -2.77. The van der Waals surface area contributed by atoms with Crippen LogP contribution in [0.1, 0.15) is 32.8 Å². The number of para-hydroxylation sites is 1. The number of likely N-dealkylation sites (tertiary alicyclic amines) is 1. The summed E-state index contributed by atoms with van der Waals surface area (Å²) in [6.45, 7) is 7.82. The van der Waals surface area contributed by atoms with Crippen LogP contribution in [0.3, 0.4) is 0 Å². The lowest BCUT2D eigenvalue weighted by Crippen LogP contribution is -2.48. The van der Waals surface area contributed by atoms with Crippen molar-refractivity contribution in [1.29, 1.82) is 0 Å². The Bertz CT molecular complexity index is 848. The molecule has 1 amide bonds. The molecule has 2 heterocycles. The summed E-state index contributed by atoms with van der Waals surface area (Å²) in [5, 5.41) is 4.43. The van der Waals surface area contributed by atoms with Crippen molar-refractivity contribution in [2.75, 3.05) is 25.4 Å². The van der Waals surface area contributed by atoms with E-state index in [0.29, 0.717) is 24.7 Å². The van der Waals surface area contributed by atoms with Gasteiger partial charge >= 0.3 is 6.09 Å². The topological polar surface area (TPSA) is 82.6 Å². The fourth-order valence-corrected chi connectivity index (χ4v) is 3.21. The van der Waals surface area contributed by atoms with Crippen molar-refractivity contribution in [1.82, 2.24) is 14.7 Å². The number of anilines is 1. The number of aromatic nitrogens is 2. The smallest absolute Gasteiger partial charge is 0.410 e. The minimum atomic E-state index is -1.19. The maximum atomic E-state index is 14.7. The highest BCUT2D eigenvalue weighted by atomic mass is 19.1. The summed E-state index contributed by atoms with van der Waals surface area (Å²) in [7, 11) is 0. The van der Waals surface area contributed by atoms with E-state index in [1.807, 2.05) is 37.3 Å². The van der Waals surface area contributed by atoms with Crippen molar-refractivity contribution in [3.8, 4) is 11.6 Å². The molecule has 2 N–H and O–H groups in total. The highest BCUT2D eigenvalue weighted by Crippen LogP contribution is 2.28. The first kappa shape index (κ1) is 21.0. The fraction of sp³-hybridized carbons (Fsp3) is 0.524. The Morgan fingerprint density at radius 1 is 1.31 bits per heavy atom. The number of carbonyl (C=O) groups excluding carboxylic acids is 1. The molecule has 29 heavy (non-hydrogen) atoms. The van der Waals surface area contributed by atoms with Crippen LogP contribution in [-0.4, -0.2) is 52.2 Å². The Morgan fingerprint density at radius 2 is 2.00 bits per heavy atom. The van der Waals surface area contributed by atoms with Crippen LogP contribution in [0.15, 0.2) is 30.3 Å². The minimum absolute atomic E-state index is 0.00250. The molecule has 0 radical (unpaired) electrons. The van der Waals surface area contributed by atoms with E-state index in [9.17, 15) is 9.18 Å². The Morgan fingerprint density at radius 3 is 2.62 bits per heavy atom. The van der Waals surface area contributed by atoms with Crippen molar-refractivity contribution < 1.29 is 18.7 Å². The molecular weight excluding hydrogens is 375 g/mol. The van der Waals surface area contributed by atoms with Crippen molar-refractivity contribution in [2.45, 2.75) is 45.9 Å². The van der Waals surface area contributed by atoms with E-state index < -0.39 is 17.9 Å². The van der Waals surface area contributed by atoms with Crippen LogP contribution in [0.4, 0.5) is 15.0 Å². The average molecular weight is 404 g/mol. The van der Waals surface area contributed by atoms with Crippen LogP contribution in [0, 0.1) is 12.8 Å². The number of rotatable bonds is 4. The molecule has 1 fully saturated rings. The SMILES string of the molecule is Cc1c(OC[C@@H]2CCN(C(=O)OC(C)(C)C)C[C@H]2F)nn(-c2ccccc2)c1N. The highest BCUT2D eigenvalue weighted by molar-refractivity contribution is 5.68. The molecule has 1 aliphatic rings. The molecule has 7 nitrogen and oxygen atoms in total. The number of nitrogen functional groups attached to an aromatic ring is 1. The maximum absolute atomic E-state index is 14.7. The Labute approximate surface area is 170 Å². The summed E-state index contributed by atoms with van der Waals surface area (Å²) in [5.41, 5.74) is 7.11. The van der Waals surface area contributed by atoms with Crippen molar-refractivity contribution >= 4 is 11.9 Å². The van der Waals surface area contributed by atoms with Crippen molar-refractivity contribution in [3.63, 3.8) is 0 Å². The van der Waals surface area contributed by atoms with E-state index in [2.05, 4.69) is 5.10 Å². The lowest BCUT2D eigenvalue weighted by Gasteiger charge is -2.35. The normalized spacial score (nSPS) is 19.8. The van der Waals surface area contributed by atoms with Gasteiger partial charge in [0.1, 0.15) is 17.6 Å². The number of amides is 1. The van der Waals surface area contributed by atoms with Gasteiger partial charge in [-0.05, 0) is 46.2 Å². The van der Waals surface area contributed by atoms with Crippen molar-refractivity contribution in [2.24, 2.45) is 5.92 Å². The summed E-state index contributed by atoms with van der Waals surface area (Å²) in [6.07, 6.45) is -1.18. The van der Waals surface area contributed by atoms with Gasteiger partial charge < -0.3 is 20.1 Å². The number of piperidine rings is 1. The molecule has 8 heteroatoms. The van der Waals surface area contributed by atoms with Gasteiger partial charge in [-0.2, -0.15) is 0 Å². The number of nitrogens with zero attached hydrogens (tertiary/aromatic N) is 3. The van der Waals surface area contributed by atoms with Crippen LogP contribution in [0.2, 0.25) is 0 Å². The number of ether oxygens (including phenoxy) is 2. The van der Waals surface area contributed by atoms with E-state index in [-0.39, 0.29) is 19.1 Å². The van der Waals surface area contributed by atoms with Gasteiger partial charge in [-0.15, -0.1) is 5.10 Å². The zero-order chi connectivity index (χ0) is 21.2. The van der Waals surface area contributed by atoms with Crippen LogP contribution in [-0.2, 0) is 4.74 Å². The summed E-state index contributed by atoms with van der Waals surface area (Å²) in [4.78, 5) is 13.6. The monoisotopic (exact) mass is 404 g/mol. The molecule has 0 spiro atoms. The quantitative estimate of drug-likeness (QED) is 0.839. The molecule has 1 aromatic carbocycles. The van der Waals surface area contributed by atoms with E-state index >= 15 is 0 Å². The first-order valence-corrected chi connectivity index (χ1v) is 9.81. The molecule has 3 rings (SSSR count). The summed E-state index contributed by atoms with van der Waals surface area (Å²) in [6, 6.07) is 9.52. The molecule has 2 atom stereocenters. The first-order valence-electron chi connectivity index (χ1n) is 9.81. The van der Waals surface area contributed by atoms with Gasteiger partial charge in [0.05, 0.1) is 24.4 Å². The Balaban J connectivity index is 1.59. The average Bonchev–Trinajstić information content (AvgIpc) is 2.95. The summed E-state index contributed by atoms with van der Waals surface area (Å²) >= 11 is 0. The molecule has 158 valence electrons. The van der Waals surface area contributed by atoms with Gasteiger partial charge in [-0.3, -0.25) is 0 Å². The van der Waals surface area contributed by atoms with Crippen LogP contribution in [0.25, 0.3) is 5.69 Å². The van der Waals surface area contributed by atoms with E-state index in [4.69, 9.17) is 15.2 Å². The maximum Gasteiger partial charge on any atom is 0.410 e. The number of halogens is 1. The van der Waals surface area contributed by atoms with Gasteiger partial charge in [-0.25, -0.2) is 13.9 Å². The molecular formula is C21H29FN4O3. The van der Waals surface area contributed by atoms with Gasteiger partial charge in [0, 0.05) is 12.5 Å². The molecule has 0 unspecified atom stereocenters. The van der Waals surface area contributed by atoms with E-state index in [1.54, 1.807) is 25.5 Å². The second kappa shape index (κ2) is 8.31. The molecule has 0 bridgehead atoms. The predicted molar refractivity (Wildman–Crippen MR) is 109 cm³/mol. The zero-order valence-corrected chi connectivity index (χ0v) is 17.4. The minimum Gasteiger partial charge on any atom is -0.476 e. The first-order chi connectivity index (χ1) is 13.7. The largest absolute Gasteiger partial charge is 0.476 e. The van der Waals surface area contributed by atoms with Crippen molar-refractivity contribution in [3.05, 3.63) is 35.9 Å². The third-order valence-electron chi connectivity index (χ3n) is 4.89. The molecule has 0 aliphatic carbocycles. The molecule has 0 saturated carbocycles. The highest BCUT2D eigenvalue weighted by Gasteiger charge is 2.34. The number of hydrogen-bond acceptors (Lipinski definition) is 5. The van der Waals surface area contributed by atoms with Gasteiger partial charge in [0.15, 0.2) is 0 Å². The predicted octanol–water partition coefficient (Wildman–Crippen LogP) is 3.74. The summed E-state index contributed by atoms with van der Waals surface area (Å²) < 4.78 is 27.4. The lowest BCUT2D eigenvalue weighted by atomic mass is 9.96. The second-order valence-corrected chi connectivity index (χ2v) is 8.36. The lowest BCUT2D eigenvalue weighted by molar-refractivity contribution is 0.000148. The van der Waals surface area contributed by atoms with Gasteiger partial charge in [0.2, 0.25) is 5.88 Å². The number of benzene rings is 1. The van der Waals surface area contributed by atoms with E-state index in [1.165, 1.54) is 4.90 Å². The molecule has 1 aliphatic heterocycles. The number of hydrogen-bond donors (Lipinski definition) is 1.